The van der Waals surface area contributed by atoms with Crippen LogP contribution >= 0.6 is 0 Å². The fourth-order valence-corrected chi connectivity index (χ4v) is 2.06. The topological polar surface area (TPSA) is 22.0 Å². The summed E-state index contributed by atoms with van der Waals surface area (Å²) in [6, 6.07) is 0. The summed E-state index contributed by atoms with van der Waals surface area (Å²) < 4.78 is 2.10. The Bertz CT molecular complexity index is 312. The fraction of sp³-hybridized carbons (Fsp3) is 0.500. The van der Waals surface area contributed by atoms with Crippen molar-refractivity contribution in [3.05, 3.63) is 23.0 Å². The molecule has 0 unspecified atom stereocenters. The first-order valence-corrected chi connectivity index (χ1v) is 4.45. The summed E-state index contributed by atoms with van der Waals surface area (Å²) in [6.07, 6.45) is 7.65. The van der Waals surface area contributed by atoms with Crippen molar-refractivity contribution in [1.29, 1.82) is 0 Å². The van der Waals surface area contributed by atoms with Crippen LogP contribution < -0.4 is 0 Å². The second-order valence-corrected chi connectivity index (χ2v) is 3.45. The lowest BCUT2D eigenvalue weighted by molar-refractivity contribution is 0.112. The number of hydrogen-bond acceptors (Lipinski definition) is 1. The van der Waals surface area contributed by atoms with Crippen LogP contribution in [0.15, 0.2) is 6.20 Å². The van der Waals surface area contributed by atoms with Crippen molar-refractivity contribution < 1.29 is 4.79 Å². The highest BCUT2D eigenvalue weighted by molar-refractivity contribution is 5.78. The lowest BCUT2D eigenvalue weighted by Crippen LogP contribution is -2.05. The number of hydrogen-bond donors (Lipinski definition) is 0. The Hall–Kier alpha value is -1.05. The van der Waals surface area contributed by atoms with Gasteiger partial charge in [0.1, 0.15) is 0 Å². The van der Waals surface area contributed by atoms with Crippen molar-refractivity contribution >= 4 is 6.29 Å². The molecule has 0 aromatic carbocycles. The average Bonchev–Trinajstić information content (AvgIpc) is 2.44. The third-order valence-corrected chi connectivity index (χ3v) is 2.67. The Morgan fingerprint density at radius 3 is 2.92 bits per heavy atom. The van der Waals surface area contributed by atoms with Gasteiger partial charge in [-0.1, -0.05) is 0 Å². The molecule has 2 rings (SSSR count). The van der Waals surface area contributed by atoms with E-state index in [1.54, 1.807) is 0 Å². The molecule has 0 atom stereocenters. The van der Waals surface area contributed by atoms with E-state index < -0.39 is 0 Å². The number of carbonyl (C=O) groups is 1. The van der Waals surface area contributed by atoms with Crippen LogP contribution in [0.1, 0.15) is 34.5 Å². The van der Waals surface area contributed by atoms with Gasteiger partial charge in [0.2, 0.25) is 0 Å². The first-order valence-electron chi connectivity index (χ1n) is 4.45. The molecule has 1 aliphatic rings. The van der Waals surface area contributed by atoms with Gasteiger partial charge in [0.25, 0.3) is 0 Å². The summed E-state index contributed by atoms with van der Waals surface area (Å²) in [4.78, 5) is 10.7. The molecule has 0 saturated heterocycles. The number of aromatic nitrogens is 1. The van der Waals surface area contributed by atoms with Gasteiger partial charge >= 0.3 is 0 Å². The highest BCUT2D eigenvalue weighted by atomic mass is 16.1. The van der Waals surface area contributed by atoms with Crippen LogP contribution in [-0.4, -0.2) is 10.9 Å². The van der Waals surface area contributed by atoms with Crippen LogP contribution in [0, 0.1) is 0 Å². The zero-order valence-electron chi connectivity index (χ0n) is 7.34. The van der Waals surface area contributed by atoms with Crippen molar-refractivity contribution in [3.8, 4) is 0 Å². The zero-order chi connectivity index (χ0) is 8.55. The maximum Gasteiger partial charge on any atom is 0.151 e. The summed E-state index contributed by atoms with van der Waals surface area (Å²) in [6.45, 7) is 0. The lowest BCUT2D eigenvalue weighted by atomic mass is 9.95. The quantitative estimate of drug-likeness (QED) is 0.578. The normalized spacial score (nSPS) is 15.8. The molecular weight excluding hydrogens is 150 g/mol. The molecule has 12 heavy (non-hydrogen) atoms. The Morgan fingerprint density at radius 2 is 2.17 bits per heavy atom. The average molecular weight is 163 g/mol. The first-order chi connectivity index (χ1) is 5.83. The van der Waals surface area contributed by atoms with Gasteiger partial charge < -0.3 is 4.57 Å². The van der Waals surface area contributed by atoms with Crippen LogP contribution in [0.3, 0.4) is 0 Å². The standard InChI is InChI=1S/C10H13NO/c1-11-6-8(7-12)9-4-2-3-5-10(9)11/h6-7H,2-5H2,1H3. The van der Waals surface area contributed by atoms with Crippen molar-refractivity contribution in [1.82, 2.24) is 4.57 Å². The number of rotatable bonds is 1. The predicted molar refractivity (Wildman–Crippen MR) is 47.4 cm³/mol. The minimum absolute atomic E-state index is 0.896. The van der Waals surface area contributed by atoms with E-state index in [-0.39, 0.29) is 0 Å². The molecule has 64 valence electrons. The van der Waals surface area contributed by atoms with Gasteiger partial charge in [0.05, 0.1) is 0 Å². The molecule has 0 aliphatic heterocycles. The summed E-state index contributed by atoms with van der Waals surface area (Å²) in [5.74, 6) is 0. The Kier molecular flexibility index (Phi) is 1.75. The van der Waals surface area contributed by atoms with E-state index in [1.807, 2.05) is 13.2 Å². The van der Waals surface area contributed by atoms with Gasteiger partial charge in [-0.2, -0.15) is 0 Å². The second kappa shape index (κ2) is 2.77. The van der Waals surface area contributed by atoms with Crippen molar-refractivity contribution in [2.24, 2.45) is 7.05 Å². The van der Waals surface area contributed by atoms with Crippen molar-refractivity contribution in [2.75, 3.05) is 0 Å². The number of aryl methyl sites for hydroxylation is 1. The van der Waals surface area contributed by atoms with Gasteiger partial charge in [0, 0.05) is 24.5 Å². The molecule has 0 spiro atoms. The first kappa shape index (κ1) is 7.59. The molecule has 2 nitrogen and oxygen atoms in total. The largest absolute Gasteiger partial charge is 0.353 e. The van der Waals surface area contributed by atoms with E-state index in [1.165, 1.54) is 24.1 Å². The summed E-state index contributed by atoms with van der Waals surface area (Å²) in [5, 5.41) is 0. The van der Waals surface area contributed by atoms with Gasteiger partial charge in [-0.3, -0.25) is 4.79 Å². The van der Waals surface area contributed by atoms with Gasteiger partial charge in [-0.15, -0.1) is 0 Å². The molecule has 0 bridgehead atoms. The van der Waals surface area contributed by atoms with Crippen molar-refractivity contribution in [2.45, 2.75) is 25.7 Å². The molecule has 1 aromatic heterocycles. The van der Waals surface area contributed by atoms with Crippen molar-refractivity contribution in [3.63, 3.8) is 0 Å². The van der Waals surface area contributed by atoms with E-state index in [4.69, 9.17) is 0 Å². The summed E-state index contributed by atoms with van der Waals surface area (Å²) in [7, 11) is 2.02. The molecule has 0 amide bonds. The monoisotopic (exact) mass is 163 g/mol. The van der Waals surface area contributed by atoms with E-state index in [0.717, 1.165) is 24.7 Å². The highest BCUT2D eigenvalue weighted by Crippen LogP contribution is 2.24. The maximum atomic E-state index is 10.7. The fourth-order valence-electron chi connectivity index (χ4n) is 2.06. The van der Waals surface area contributed by atoms with Gasteiger partial charge in [0.15, 0.2) is 6.29 Å². The van der Waals surface area contributed by atoms with Crippen LogP contribution in [0.2, 0.25) is 0 Å². The van der Waals surface area contributed by atoms with Gasteiger partial charge in [-0.25, -0.2) is 0 Å². The van der Waals surface area contributed by atoms with Gasteiger partial charge in [-0.05, 0) is 31.2 Å². The molecule has 1 heterocycles. The molecular formula is C10H13NO. The van der Waals surface area contributed by atoms with Crippen LogP contribution in [0.4, 0.5) is 0 Å². The molecule has 0 saturated carbocycles. The van der Waals surface area contributed by atoms with E-state index in [9.17, 15) is 4.79 Å². The Balaban J connectivity index is 2.53. The summed E-state index contributed by atoms with van der Waals surface area (Å²) >= 11 is 0. The third kappa shape index (κ3) is 0.986. The maximum absolute atomic E-state index is 10.7. The van der Waals surface area contributed by atoms with E-state index in [0.29, 0.717) is 0 Å². The van der Waals surface area contributed by atoms with E-state index >= 15 is 0 Å². The van der Waals surface area contributed by atoms with Crippen LogP contribution in [-0.2, 0) is 19.9 Å². The number of aldehydes is 1. The number of nitrogens with zero attached hydrogens (tertiary/aromatic N) is 1. The molecule has 0 fully saturated rings. The number of carbonyl (C=O) groups excluding carboxylic acids is 1. The Morgan fingerprint density at radius 1 is 1.42 bits per heavy atom. The second-order valence-electron chi connectivity index (χ2n) is 3.45. The Labute approximate surface area is 72.2 Å². The minimum atomic E-state index is 0.896. The van der Waals surface area contributed by atoms with Crippen LogP contribution in [0.5, 0.6) is 0 Å². The molecule has 0 N–H and O–H groups in total. The molecule has 2 heteroatoms. The van der Waals surface area contributed by atoms with Crippen LogP contribution in [0.25, 0.3) is 0 Å². The highest BCUT2D eigenvalue weighted by Gasteiger charge is 2.16. The number of fused-ring (bicyclic) bond motifs is 1. The minimum Gasteiger partial charge on any atom is -0.353 e. The molecule has 1 aromatic rings. The molecule has 1 aliphatic carbocycles. The third-order valence-electron chi connectivity index (χ3n) is 2.67. The predicted octanol–water partition coefficient (Wildman–Crippen LogP) is 1.72. The zero-order valence-corrected chi connectivity index (χ0v) is 7.34. The molecule has 0 radical (unpaired) electrons. The van der Waals surface area contributed by atoms with E-state index in [2.05, 4.69) is 4.57 Å². The lowest BCUT2D eigenvalue weighted by Gasteiger charge is -2.12. The summed E-state index contributed by atoms with van der Waals surface area (Å²) in [5.41, 5.74) is 3.55. The SMILES string of the molecule is Cn1cc(C=O)c2c1CCCC2. The smallest absolute Gasteiger partial charge is 0.151 e.